The summed E-state index contributed by atoms with van der Waals surface area (Å²) in [5.41, 5.74) is 7.45. The van der Waals surface area contributed by atoms with Gasteiger partial charge in [-0.05, 0) is 45.2 Å². The van der Waals surface area contributed by atoms with Gasteiger partial charge in [0.25, 0.3) is 0 Å². The molecule has 1 aromatic rings. The fraction of sp³-hybridized carbons (Fsp3) is 0.636. The standard InChI is InChI=1S/C11H17N3O/c1-7-3-8(2)14-11(13-7)15-10-4-9(5-10)6-12/h3,9-10H,4-6,12H2,1-2H3. The molecule has 82 valence electrons. The van der Waals surface area contributed by atoms with Crippen molar-refractivity contribution in [2.45, 2.75) is 32.8 Å². The number of nitrogens with zero attached hydrogens (tertiary/aromatic N) is 2. The Morgan fingerprint density at radius 2 is 1.93 bits per heavy atom. The van der Waals surface area contributed by atoms with Crippen molar-refractivity contribution in [2.24, 2.45) is 11.7 Å². The molecule has 1 heterocycles. The molecule has 0 unspecified atom stereocenters. The minimum absolute atomic E-state index is 0.264. The number of aromatic nitrogens is 2. The van der Waals surface area contributed by atoms with Gasteiger partial charge < -0.3 is 10.5 Å². The molecule has 0 radical (unpaired) electrons. The average molecular weight is 207 g/mol. The number of rotatable bonds is 3. The maximum atomic E-state index is 5.67. The largest absolute Gasteiger partial charge is 0.460 e. The molecule has 1 aliphatic carbocycles. The average Bonchev–Trinajstić information content (AvgIpc) is 2.08. The zero-order valence-electron chi connectivity index (χ0n) is 9.23. The maximum Gasteiger partial charge on any atom is 0.317 e. The van der Waals surface area contributed by atoms with Crippen molar-refractivity contribution < 1.29 is 4.74 Å². The second kappa shape index (κ2) is 4.14. The fourth-order valence-electron chi connectivity index (χ4n) is 1.86. The Bertz CT molecular complexity index is 327. The molecule has 2 rings (SSSR count). The molecular weight excluding hydrogens is 190 g/mol. The Hall–Kier alpha value is -1.16. The third-order valence-corrected chi connectivity index (χ3v) is 2.76. The van der Waals surface area contributed by atoms with Gasteiger partial charge in [-0.25, -0.2) is 9.97 Å². The minimum atomic E-state index is 0.264. The van der Waals surface area contributed by atoms with Crippen LogP contribution in [0.25, 0.3) is 0 Å². The van der Waals surface area contributed by atoms with Crippen LogP contribution in [0.15, 0.2) is 6.07 Å². The van der Waals surface area contributed by atoms with Crippen molar-refractivity contribution >= 4 is 0 Å². The van der Waals surface area contributed by atoms with E-state index in [1.165, 1.54) is 0 Å². The number of nitrogens with two attached hydrogens (primary N) is 1. The summed E-state index contributed by atoms with van der Waals surface area (Å²) in [5.74, 6) is 0.626. The van der Waals surface area contributed by atoms with Crippen LogP contribution in [0.2, 0.25) is 0 Å². The van der Waals surface area contributed by atoms with E-state index in [1.54, 1.807) is 0 Å². The van der Waals surface area contributed by atoms with Crippen LogP contribution in [0.1, 0.15) is 24.2 Å². The van der Waals surface area contributed by atoms with Gasteiger partial charge in [0.2, 0.25) is 0 Å². The molecule has 0 atom stereocenters. The second-order valence-electron chi connectivity index (χ2n) is 4.25. The molecule has 1 aliphatic rings. The molecule has 1 fully saturated rings. The predicted molar refractivity (Wildman–Crippen MR) is 57.7 cm³/mol. The first-order valence-corrected chi connectivity index (χ1v) is 5.36. The van der Waals surface area contributed by atoms with Crippen LogP contribution in [0.3, 0.4) is 0 Å². The summed E-state index contributed by atoms with van der Waals surface area (Å²) in [4.78, 5) is 8.48. The van der Waals surface area contributed by atoms with Crippen molar-refractivity contribution in [3.05, 3.63) is 17.5 Å². The molecule has 0 saturated heterocycles. The number of hydrogen-bond donors (Lipinski definition) is 1. The summed E-state index contributed by atoms with van der Waals surface area (Å²) in [6.07, 6.45) is 2.33. The van der Waals surface area contributed by atoms with E-state index in [0.717, 1.165) is 30.8 Å². The lowest BCUT2D eigenvalue weighted by molar-refractivity contribution is 0.0600. The second-order valence-corrected chi connectivity index (χ2v) is 4.25. The molecule has 0 aromatic carbocycles. The van der Waals surface area contributed by atoms with E-state index >= 15 is 0 Å². The molecule has 4 heteroatoms. The van der Waals surface area contributed by atoms with Crippen molar-refractivity contribution in [1.82, 2.24) is 9.97 Å². The van der Waals surface area contributed by atoms with Crippen LogP contribution in [0.5, 0.6) is 6.01 Å². The third kappa shape index (κ3) is 2.45. The van der Waals surface area contributed by atoms with E-state index in [2.05, 4.69) is 9.97 Å². The van der Waals surface area contributed by atoms with Crippen LogP contribution in [0.4, 0.5) is 0 Å². The lowest BCUT2D eigenvalue weighted by Crippen LogP contribution is -2.38. The molecule has 2 N–H and O–H groups in total. The lowest BCUT2D eigenvalue weighted by atomic mass is 9.82. The van der Waals surface area contributed by atoms with E-state index in [9.17, 15) is 0 Å². The van der Waals surface area contributed by atoms with Gasteiger partial charge >= 0.3 is 6.01 Å². The van der Waals surface area contributed by atoms with E-state index in [-0.39, 0.29) is 6.10 Å². The van der Waals surface area contributed by atoms with Crippen molar-refractivity contribution in [1.29, 1.82) is 0 Å². The van der Waals surface area contributed by atoms with E-state index in [1.807, 2.05) is 19.9 Å². The monoisotopic (exact) mass is 207 g/mol. The number of ether oxygens (including phenoxy) is 1. The number of aryl methyl sites for hydroxylation is 2. The summed E-state index contributed by atoms with van der Waals surface area (Å²) >= 11 is 0. The SMILES string of the molecule is Cc1cc(C)nc(OC2CC(CN)C2)n1. The van der Waals surface area contributed by atoms with Gasteiger partial charge in [-0.3, -0.25) is 0 Å². The predicted octanol–water partition coefficient (Wildman–Crippen LogP) is 1.21. The molecule has 1 saturated carbocycles. The maximum absolute atomic E-state index is 5.67. The van der Waals surface area contributed by atoms with Gasteiger partial charge in [0, 0.05) is 11.4 Å². The molecular formula is C11H17N3O. The molecule has 0 spiro atoms. The van der Waals surface area contributed by atoms with E-state index in [4.69, 9.17) is 10.5 Å². The normalized spacial score (nSPS) is 24.7. The number of hydrogen-bond acceptors (Lipinski definition) is 4. The highest BCUT2D eigenvalue weighted by molar-refractivity contribution is 5.11. The first-order chi connectivity index (χ1) is 7.17. The Kier molecular flexibility index (Phi) is 2.86. The first-order valence-electron chi connectivity index (χ1n) is 5.36. The third-order valence-electron chi connectivity index (χ3n) is 2.76. The zero-order chi connectivity index (χ0) is 10.8. The smallest absolute Gasteiger partial charge is 0.317 e. The first kappa shape index (κ1) is 10.4. The highest BCUT2D eigenvalue weighted by Gasteiger charge is 2.30. The quantitative estimate of drug-likeness (QED) is 0.809. The molecule has 0 bridgehead atoms. The van der Waals surface area contributed by atoms with Crippen LogP contribution in [-0.4, -0.2) is 22.6 Å². The summed E-state index contributed by atoms with van der Waals surface area (Å²) in [6, 6.07) is 2.45. The molecule has 4 nitrogen and oxygen atoms in total. The van der Waals surface area contributed by atoms with Gasteiger partial charge in [0.05, 0.1) is 0 Å². The van der Waals surface area contributed by atoms with Gasteiger partial charge in [-0.15, -0.1) is 0 Å². The molecule has 15 heavy (non-hydrogen) atoms. The van der Waals surface area contributed by atoms with Crippen molar-refractivity contribution in [3.63, 3.8) is 0 Å². The van der Waals surface area contributed by atoms with Gasteiger partial charge in [0.15, 0.2) is 0 Å². The molecule has 1 aromatic heterocycles. The van der Waals surface area contributed by atoms with Crippen LogP contribution >= 0.6 is 0 Å². The summed E-state index contributed by atoms with van der Waals surface area (Å²) in [6.45, 7) is 4.66. The van der Waals surface area contributed by atoms with Crippen molar-refractivity contribution in [2.75, 3.05) is 6.54 Å². The fourth-order valence-corrected chi connectivity index (χ4v) is 1.86. The van der Waals surface area contributed by atoms with Crippen LogP contribution in [-0.2, 0) is 0 Å². The molecule has 0 amide bonds. The Morgan fingerprint density at radius 1 is 1.33 bits per heavy atom. The lowest BCUT2D eigenvalue weighted by Gasteiger charge is -2.33. The molecule has 0 aliphatic heterocycles. The van der Waals surface area contributed by atoms with Crippen molar-refractivity contribution in [3.8, 4) is 6.01 Å². The van der Waals surface area contributed by atoms with Gasteiger partial charge in [0.1, 0.15) is 6.10 Å². The topological polar surface area (TPSA) is 61.0 Å². The van der Waals surface area contributed by atoms with Crippen LogP contribution in [0, 0.1) is 19.8 Å². The van der Waals surface area contributed by atoms with Gasteiger partial charge in [-0.2, -0.15) is 0 Å². The summed E-state index contributed by atoms with van der Waals surface area (Å²) in [7, 11) is 0. The van der Waals surface area contributed by atoms with Gasteiger partial charge in [-0.1, -0.05) is 0 Å². The summed E-state index contributed by atoms with van der Waals surface area (Å²) in [5, 5.41) is 0. The van der Waals surface area contributed by atoms with E-state index in [0.29, 0.717) is 11.9 Å². The highest BCUT2D eigenvalue weighted by atomic mass is 16.5. The minimum Gasteiger partial charge on any atom is -0.460 e. The Labute approximate surface area is 89.9 Å². The Morgan fingerprint density at radius 3 is 2.47 bits per heavy atom. The summed E-state index contributed by atoms with van der Waals surface area (Å²) < 4.78 is 5.67. The van der Waals surface area contributed by atoms with E-state index < -0.39 is 0 Å². The Balaban J connectivity index is 1.94. The highest BCUT2D eigenvalue weighted by Crippen LogP contribution is 2.29. The zero-order valence-corrected chi connectivity index (χ0v) is 9.23. The van der Waals surface area contributed by atoms with Crippen LogP contribution < -0.4 is 10.5 Å².